The lowest BCUT2D eigenvalue weighted by Gasteiger charge is -2.54. The van der Waals surface area contributed by atoms with E-state index in [1.807, 2.05) is 78.9 Å². The SMILES string of the molecule is NC(=O)[C@@H]1C[C@]2(COCc3ccccc3)C[C@@]1(OCc1ccccc1)[C@@H]2OCc1ccccc1. The maximum Gasteiger partial charge on any atom is 0.223 e. The number of hydrogen-bond acceptors (Lipinski definition) is 4. The van der Waals surface area contributed by atoms with Gasteiger partial charge in [-0.15, -0.1) is 0 Å². The molecule has 0 radical (unpaired) electrons. The Bertz CT molecular complexity index is 1090. The average molecular weight is 458 g/mol. The Morgan fingerprint density at radius 1 is 0.794 bits per heavy atom. The van der Waals surface area contributed by atoms with Crippen LogP contribution in [0, 0.1) is 11.3 Å². The highest BCUT2D eigenvalue weighted by atomic mass is 16.6. The fourth-order valence-electron chi connectivity index (χ4n) is 5.75. The predicted octanol–water partition coefficient (Wildman–Crippen LogP) is 4.64. The number of primary amides is 1. The number of rotatable bonds is 11. The van der Waals surface area contributed by atoms with E-state index in [0.29, 0.717) is 39.3 Å². The topological polar surface area (TPSA) is 70.8 Å². The van der Waals surface area contributed by atoms with E-state index in [1.165, 1.54) is 0 Å². The Morgan fingerprint density at radius 3 is 1.88 bits per heavy atom. The Balaban J connectivity index is 1.35. The molecule has 4 atom stereocenters. The third kappa shape index (κ3) is 4.39. The van der Waals surface area contributed by atoms with Gasteiger partial charge in [-0.25, -0.2) is 0 Å². The first kappa shape index (κ1) is 22.8. The molecule has 3 aromatic rings. The van der Waals surface area contributed by atoms with E-state index < -0.39 is 11.5 Å². The molecule has 6 rings (SSSR count). The number of hydrogen-bond donors (Lipinski definition) is 1. The molecule has 176 valence electrons. The molecule has 3 fully saturated rings. The summed E-state index contributed by atoms with van der Waals surface area (Å²) in [5, 5.41) is 0. The highest BCUT2D eigenvalue weighted by Gasteiger charge is 2.76. The molecular formula is C29H31NO4. The number of benzene rings is 3. The van der Waals surface area contributed by atoms with Gasteiger partial charge >= 0.3 is 0 Å². The first-order chi connectivity index (χ1) is 16.6. The molecular weight excluding hydrogens is 426 g/mol. The van der Waals surface area contributed by atoms with Crippen LogP contribution >= 0.6 is 0 Å². The second-order valence-corrected chi connectivity index (χ2v) is 9.58. The molecule has 1 amide bonds. The molecule has 3 aromatic carbocycles. The van der Waals surface area contributed by atoms with Gasteiger partial charge in [-0.2, -0.15) is 0 Å². The fraction of sp³-hybridized carbons (Fsp3) is 0.345. The lowest BCUT2D eigenvalue weighted by molar-refractivity contribution is -0.262. The summed E-state index contributed by atoms with van der Waals surface area (Å²) in [6, 6.07) is 30.2. The van der Waals surface area contributed by atoms with E-state index in [0.717, 1.165) is 16.7 Å². The van der Waals surface area contributed by atoms with E-state index in [2.05, 4.69) is 12.1 Å². The zero-order valence-electron chi connectivity index (χ0n) is 19.3. The molecule has 5 nitrogen and oxygen atoms in total. The standard InChI is InChI=1S/C29H31NO4/c30-26(31)25-16-28(21-32-17-22-10-4-1-5-11-22)20-29(25,34-19-24-14-8-3-9-15-24)27(28)33-18-23-12-6-2-7-13-23/h1-15,25,27H,16-21H2,(H2,30,31)/t25-,27+,28+,29-/m0/s1. The van der Waals surface area contributed by atoms with E-state index in [1.54, 1.807) is 0 Å². The second-order valence-electron chi connectivity index (χ2n) is 9.58. The zero-order valence-corrected chi connectivity index (χ0v) is 19.3. The molecule has 3 aliphatic carbocycles. The number of ether oxygens (including phenoxy) is 3. The Kier molecular flexibility index (Phi) is 6.50. The molecule has 34 heavy (non-hydrogen) atoms. The smallest absolute Gasteiger partial charge is 0.223 e. The van der Waals surface area contributed by atoms with E-state index in [-0.39, 0.29) is 17.4 Å². The third-order valence-electron chi connectivity index (χ3n) is 7.28. The van der Waals surface area contributed by atoms with Crippen LogP contribution in [0.25, 0.3) is 0 Å². The van der Waals surface area contributed by atoms with E-state index in [9.17, 15) is 4.79 Å². The van der Waals surface area contributed by atoms with Crippen LogP contribution in [-0.4, -0.2) is 24.2 Å². The van der Waals surface area contributed by atoms with Crippen LogP contribution in [0.3, 0.4) is 0 Å². The van der Waals surface area contributed by atoms with Crippen molar-refractivity contribution < 1.29 is 19.0 Å². The van der Waals surface area contributed by atoms with Crippen LogP contribution in [0.15, 0.2) is 91.0 Å². The van der Waals surface area contributed by atoms with Crippen LogP contribution in [0.2, 0.25) is 0 Å². The van der Waals surface area contributed by atoms with Crippen LogP contribution in [-0.2, 0) is 38.8 Å². The minimum absolute atomic E-state index is 0.266. The highest BCUT2D eigenvalue weighted by molar-refractivity contribution is 5.80. The molecule has 0 heterocycles. The maximum absolute atomic E-state index is 12.6. The molecule has 5 heteroatoms. The van der Waals surface area contributed by atoms with Gasteiger partial charge in [-0.1, -0.05) is 91.0 Å². The molecule has 0 aliphatic heterocycles. The summed E-state index contributed by atoms with van der Waals surface area (Å²) in [5.74, 6) is -0.735. The van der Waals surface area contributed by atoms with Crippen molar-refractivity contribution in [2.45, 2.75) is 44.4 Å². The van der Waals surface area contributed by atoms with Gasteiger partial charge in [-0.05, 0) is 29.5 Å². The first-order valence-electron chi connectivity index (χ1n) is 11.9. The lowest BCUT2D eigenvalue weighted by atomic mass is 9.63. The third-order valence-corrected chi connectivity index (χ3v) is 7.28. The summed E-state index contributed by atoms with van der Waals surface area (Å²) in [6.45, 7) is 1.89. The van der Waals surface area contributed by atoms with Crippen LogP contribution < -0.4 is 5.73 Å². The second kappa shape index (κ2) is 9.71. The van der Waals surface area contributed by atoms with E-state index >= 15 is 0 Å². The van der Waals surface area contributed by atoms with Gasteiger partial charge in [0.05, 0.1) is 38.4 Å². The first-order valence-corrected chi connectivity index (χ1v) is 11.9. The number of fused-ring (bicyclic) bond motifs is 1. The van der Waals surface area contributed by atoms with Crippen LogP contribution in [0.5, 0.6) is 0 Å². The van der Waals surface area contributed by atoms with Crippen molar-refractivity contribution in [2.24, 2.45) is 17.1 Å². The summed E-state index contributed by atoms with van der Waals surface area (Å²) < 4.78 is 19.2. The molecule has 0 aromatic heterocycles. The summed E-state index contributed by atoms with van der Waals surface area (Å²) >= 11 is 0. The Hall–Kier alpha value is -2.99. The van der Waals surface area contributed by atoms with E-state index in [4.69, 9.17) is 19.9 Å². The van der Waals surface area contributed by atoms with Crippen molar-refractivity contribution in [1.29, 1.82) is 0 Å². The quantitative estimate of drug-likeness (QED) is 0.455. The van der Waals surface area contributed by atoms with Crippen molar-refractivity contribution in [3.8, 4) is 0 Å². The molecule has 2 bridgehead atoms. The van der Waals surface area contributed by atoms with Gasteiger partial charge in [0.25, 0.3) is 0 Å². The molecule has 2 N–H and O–H groups in total. The lowest BCUT2D eigenvalue weighted by Crippen LogP contribution is -2.65. The molecule has 3 saturated carbocycles. The van der Waals surface area contributed by atoms with Crippen LogP contribution in [0.1, 0.15) is 29.5 Å². The van der Waals surface area contributed by atoms with Crippen molar-refractivity contribution in [2.75, 3.05) is 6.61 Å². The Morgan fingerprint density at radius 2 is 1.32 bits per heavy atom. The predicted molar refractivity (Wildman–Crippen MR) is 129 cm³/mol. The molecule has 0 unspecified atom stereocenters. The molecule has 3 aliphatic rings. The van der Waals surface area contributed by atoms with Crippen LogP contribution in [0.4, 0.5) is 0 Å². The van der Waals surface area contributed by atoms with Gasteiger partial charge in [0.1, 0.15) is 5.60 Å². The summed E-state index contributed by atoms with van der Waals surface area (Å²) in [6.07, 6.45) is 1.05. The van der Waals surface area contributed by atoms with Crippen molar-refractivity contribution in [3.05, 3.63) is 108 Å². The summed E-state index contributed by atoms with van der Waals surface area (Å²) in [7, 11) is 0. The number of carbonyl (C=O) groups excluding carboxylic acids is 1. The average Bonchev–Trinajstić information content (AvgIpc) is 3.34. The largest absolute Gasteiger partial charge is 0.376 e. The maximum atomic E-state index is 12.6. The van der Waals surface area contributed by atoms with Crippen molar-refractivity contribution >= 4 is 5.91 Å². The van der Waals surface area contributed by atoms with Crippen molar-refractivity contribution in [1.82, 2.24) is 0 Å². The number of nitrogens with two attached hydrogens (primary N) is 1. The highest BCUT2D eigenvalue weighted by Crippen LogP contribution is 2.67. The number of amides is 1. The zero-order chi connectivity index (χ0) is 23.4. The summed E-state index contributed by atoms with van der Waals surface area (Å²) in [5.41, 5.74) is 8.15. The van der Waals surface area contributed by atoms with Gasteiger partial charge in [0.15, 0.2) is 0 Å². The normalized spacial score (nSPS) is 27.3. The minimum Gasteiger partial charge on any atom is -0.376 e. The Labute approximate surface area is 200 Å². The van der Waals surface area contributed by atoms with Gasteiger partial charge in [0, 0.05) is 5.41 Å². The monoisotopic (exact) mass is 457 g/mol. The molecule has 0 spiro atoms. The minimum atomic E-state index is -0.730. The molecule has 0 saturated heterocycles. The van der Waals surface area contributed by atoms with Crippen molar-refractivity contribution in [3.63, 3.8) is 0 Å². The fourth-order valence-corrected chi connectivity index (χ4v) is 5.75. The van der Waals surface area contributed by atoms with Gasteiger partial charge < -0.3 is 19.9 Å². The number of carbonyl (C=O) groups is 1. The van der Waals surface area contributed by atoms with Gasteiger partial charge in [-0.3, -0.25) is 4.79 Å². The van der Waals surface area contributed by atoms with Gasteiger partial charge in [0.2, 0.25) is 5.91 Å². The summed E-state index contributed by atoms with van der Waals surface area (Å²) in [4.78, 5) is 12.6.